The lowest BCUT2D eigenvalue weighted by atomic mass is 10.1. The van der Waals surface area contributed by atoms with Crippen LogP contribution in [0.1, 0.15) is 32.6 Å². The molecule has 0 aromatic carbocycles. The molecule has 0 spiro atoms. The average Bonchev–Trinajstić information content (AvgIpc) is 2.70. The second kappa shape index (κ2) is 7.80. The monoisotopic (exact) mass is 228 g/mol. The fraction of sp³-hybridized carbons (Fsp3) is 0.750. The summed E-state index contributed by atoms with van der Waals surface area (Å²) in [6.07, 6.45) is 9.04. The number of hydrogen-bond donors (Lipinski definition) is 0. The molecule has 1 rings (SSSR count). The van der Waals surface area contributed by atoms with Crippen LogP contribution in [0.2, 0.25) is 0 Å². The summed E-state index contributed by atoms with van der Waals surface area (Å²) in [5.41, 5.74) is 0. The van der Waals surface area contributed by atoms with Gasteiger partial charge >= 0.3 is 5.97 Å². The van der Waals surface area contributed by atoms with Crippen LogP contribution < -0.4 is 0 Å². The number of carbonyl (C=O) groups excluding carboxylic acids is 1. The highest BCUT2D eigenvalue weighted by Gasteiger charge is 2.13. The van der Waals surface area contributed by atoms with Gasteiger partial charge in [-0.25, -0.2) is 4.79 Å². The molecule has 0 aliphatic heterocycles. The molecule has 0 aromatic heterocycles. The van der Waals surface area contributed by atoms with E-state index in [4.69, 9.17) is 4.74 Å². The Hall–Kier alpha value is -0.440. The highest BCUT2D eigenvalue weighted by molar-refractivity contribution is 7.99. The minimum Gasteiger partial charge on any atom is -0.463 e. The first-order chi connectivity index (χ1) is 7.33. The first-order valence-electron chi connectivity index (χ1n) is 5.74. The normalized spacial score (nSPS) is 17.4. The molecule has 0 N–H and O–H groups in total. The minimum absolute atomic E-state index is 0.223. The van der Waals surface area contributed by atoms with Gasteiger partial charge in [-0.1, -0.05) is 18.9 Å². The van der Waals surface area contributed by atoms with E-state index in [0.717, 1.165) is 11.7 Å². The molecule has 0 aromatic rings. The minimum atomic E-state index is -0.223. The number of esters is 1. The van der Waals surface area contributed by atoms with Crippen LogP contribution in [0.5, 0.6) is 0 Å². The van der Waals surface area contributed by atoms with Crippen molar-refractivity contribution >= 4 is 17.7 Å². The Morgan fingerprint density at radius 3 is 2.87 bits per heavy atom. The fourth-order valence-electron chi connectivity index (χ4n) is 1.81. The Labute approximate surface area is 96.5 Å². The van der Waals surface area contributed by atoms with Gasteiger partial charge in [0.05, 0.1) is 6.61 Å². The number of carbonyl (C=O) groups is 1. The number of rotatable bonds is 6. The molecule has 0 bridgehead atoms. The van der Waals surface area contributed by atoms with Gasteiger partial charge in [-0.2, -0.15) is 11.8 Å². The van der Waals surface area contributed by atoms with Crippen LogP contribution in [-0.2, 0) is 9.53 Å². The van der Waals surface area contributed by atoms with Crippen molar-refractivity contribution in [2.24, 2.45) is 5.92 Å². The molecular formula is C12H20O2S. The summed E-state index contributed by atoms with van der Waals surface area (Å²) in [6.45, 7) is 2.28. The zero-order chi connectivity index (χ0) is 10.9. The Morgan fingerprint density at radius 2 is 2.20 bits per heavy atom. The Balaban J connectivity index is 1.97. The van der Waals surface area contributed by atoms with Gasteiger partial charge in [0, 0.05) is 11.8 Å². The maximum atomic E-state index is 10.9. The molecule has 0 saturated heterocycles. The molecule has 1 saturated carbocycles. The molecule has 1 aliphatic rings. The van der Waals surface area contributed by atoms with Gasteiger partial charge in [0.25, 0.3) is 0 Å². The van der Waals surface area contributed by atoms with Gasteiger partial charge in [-0.15, -0.1) is 0 Å². The number of hydrogen-bond acceptors (Lipinski definition) is 3. The topological polar surface area (TPSA) is 26.3 Å². The van der Waals surface area contributed by atoms with E-state index in [1.807, 2.05) is 24.8 Å². The van der Waals surface area contributed by atoms with E-state index in [1.165, 1.54) is 37.5 Å². The lowest BCUT2D eigenvalue weighted by Gasteiger charge is -2.05. The molecule has 3 heteroatoms. The zero-order valence-corrected chi connectivity index (χ0v) is 10.2. The largest absolute Gasteiger partial charge is 0.463 e. The van der Waals surface area contributed by atoms with Crippen molar-refractivity contribution in [2.45, 2.75) is 32.6 Å². The standard InChI is InChI=1S/C12H20O2S/c1-2-14-12(13)8-5-9-15-10-11-6-3-4-7-11/h5,8,11H,2-4,6-7,9-10H2,1H3/b8-5+. The fourth-order valence-corrected chi connectivity index (χ4v) is 2.85. The molecule has 15 heavy (non-hydrogen) atoms. The van der Waals surface area contributed by atoms with E-state index < -0.39 is 0 Å². The molecule has 2 nitrogen and oxygen atoms in total. The van der Waals surface area contributed by atoms with Gasteiger partial charge in [0.15, 0.2) is 0 Å². The highest BCUT2D eigenvalue weighted by Crippen LogP contribution is 2.27. The van der Waals surface area contributed by atoms with E-state index in [9.17, 15) is 4.79 Å². The molecule has 1 fully saturated rings. The third-order valence-corrected chi connectivity index (χ3v) is 3.72. The van der Waals surface area contributed by atoms with Crippen LogP contribution in [0.3, 0.4) is 0 Å². The summed E-state index contributed by atoms with van der Waals surface area (Å²) in [5, 5.41) is 0. The third kappa shape index (κ3) is 5.88. The van der Waals surface area contributed by atoms with Crippen LogP contribution in [0, 0.1) is 5.92 Å². The quantitative estimate of drug-likeness (QED) is 0.397. The molecule has 0 atom stereocenters. The SMILES string of the molecule is CCOC(=O)/C=C/CSCC1CCCC1. The molecule has 0 radical (unpaired) electrons. The summed E-state index contributed by atoms with van der Waals surface area (Å²) in [4.78, 5) is 10.9. The first kappa shape index (κ1) is 12.6. The Morgan fingerprint density at radius 1 is 1.47 bits per heavy atom. The second-order valence-corrected chi connectivity index (χ2v) is 4.92. The lowest BCUT2D eigenvalue weighted by Crippen LogP contribution is -1.99. The van der Waals surface area contributed by atoms with E-state index in [2.05, 4.69) is 0 Å². The van der Waals surface area contributed by atoms with Crippen molar-refractivity contribution in [1.29, 1.82) is 0 Å². The Kier molecular flexibility index (Phi) is 6.57. The second-order valence-electron chi connectivity index (χ2n) is 3.84. The predicted molar refractivity (Wildman–Crippen MR) is 65.1 cm³/mol. The molecule has 0 amide bonds. The van der Waals surface area contributed by atoms with E-state index in [0.29, 0.717) is 6.61 Å². The van der Waals surface area contributed by atoms with Gasteiger partial charge in [-0.05, 0) is 31.4 Å². The summed E-state index contributed by atoms with van der Waals surface area (Å²) in [7, 11) is 0. The summed E-state index contributed by atoms with van der Waals surface area (Å²) >= 11 is 1.92. The molecule has 86 valence electrons. The van der Waals surface area contributed by atoms with Crippen molar-refractivity contribution in [3.8, 4) is 0 Å². The first-order valence-corrected chi connectivity index (χ1v) is 6.89. The van der Waals surface area contributed by atoms with Gasteiger partial charge in [0.1, 0.15) is 0 Å². The van der Waals surface area contributed by atoms with Crippen molar-refractivity contribution in [2.75, 3.05) is 18.1 Å². The summed E-state index contributed by atoms with van der Waals surface area (Å²) in [5.74, 6) is 2.87. The van der Waals surface area contributed by atoms with Gasteiger partial charge in [-0.3, -0.25) is 0 Å². The van der Waals surface area contributed by atoms with Crippen LogP contribution in [-0.4, -0.2) is 24.1 Å². The predicted octanol–water partition coefficient (Wildman–Crippen LogP) is 3.03. The van der Waals surface area contributed by atoms with Crippen LogP contribution in [0.4, 0.5) is 0 Å². The summed E-state index contributed by atoms with van der Waals surface area (Å²) < 4.78 is 4.79. The molecule has 0 unspecified atom stereocenters. The summed E-state index contributed by atoms with van der Waals surface area (Å²) in [6, 6.07) is 0. The Bertz CT molecular complexity index is 208. The van der Waals surface area contributed by atoms with Crippen LogP contribution in [0.25, 0.3) is 0 Å². The third-order valence-electron chi connectivity index (χ3n) is 2.58. The number of ether oxygens (including phenoxy) is 1. The van der Waals surface area contributed by atoms with Gasteiger partial charge < -0.3 is 4.74 Å². The van der Waals surface area contributed by atoms with Crippen LogP contribution >= 0.6 is 11.8 Å². The molecule has 1 aliphatic carbocycles. The van der Waals surface area contributed by atoms with Crippen molar-refractivity contribution in [3.63, 3.8) is 0 Å². The van der Waals surface area contributed by atoms with E-state index in [-0.39, 0.29) is 5.97 Å². The van der Waals surface area contributed by atoms with Crippen molar-refractivity contribution < 1.29 is 9.53 Å². The zero-order valence-electron chi connectivity index (χ0n) is 9.41. The maximum Gasteiger partial charge on any atom is 0.330 e. The molecular weight excluding hydrogens is 208 g/mol. The maximum absolute atomic E-state index is 10.9. The van der Waals surface area contributed by atoms with Crippen LogP contribution in [0.15, 0.2) is 12.2 Å². The average molecular weight is 228 g/mol. The molecule has 0 heterocycles. The van der Waals surface area contributed by atoms with Crippen molar-refractivity contribution in [3.05, 3.63) is 12.2 Å². The van der Waals surface area contributed by atoms with Gasteiger partial charge in [0.2, 0.25) is 0 Å². The lowest BCUT2D eigenvalue weighted by molar-refractivity contribution is -0.137. The van der Waals surface area contributed by atoms with E-state index in [1.54, 1.807) is 0 Å². The smallest absolute Gasteiger partial charge is 0.330 e. The van der Waals surface area contributed by atoms with Crippen molar-refractivity contribution in [1.82, 2.24) is 0 Å². The van der Waals surface area contributed by atoms with E-state index >= 15 is 0 Å². The number of thioether (sulfide) groups is 1. The highest BCUT2D eigenvalue weighted by atomic mass is 32.2.